The number of benzene rings is 2. The Hall–Kier alpha value is -2.59. The standard InChI is InChI=1S/C27H32FN2O4S2/c1-3-13-33-20-4-6-24-22(17-20)29(9-8-28)26(35-24)15-19(2)16-27-30(10-11-31)23-18-21(34-14-12-32)5-7-25(23)36-27/h4-7,15-18,31-32H,3,8-14H2,1-2H3/q+1. The number of aliphatic hydroxyl groups excluding tert-OH is 2. The molecule has 1 aliphatic rings. The van der Waals surface area contributed by atoms with Gasteiger partial charge in [0.2, 0.25) is 5.52 Å². The van der Waals surface area contributed by atoms with Crippen LogP contribution in [0.5, 0.6) is 11.5 Å². The molecule has 36 heavy (non-hydrogen) atoms. The first-order valence-electron chi connectivity index (χ1n) is 12.1. The van der Waals surface area contributed by atoms with Crippen LogP contribution in [0.4, 0.5) is 10.1 Å². The fraction of sp³-hybridized carbons (Fsp3) is 0.370. The van der Waals surface area contributed by atoms with E-state index in [4.69, 9.17) is 14.6 Å². The molecule has 2 heterocycles. The van der Waals surface area contributed by atoms with Crippen LogP contribution in [0.3, 0.4) is 0 Å². The van der Waals surface area contributed by atoms with Crippen molar-refractivity contribution in [1.82, 2.24) is 0 Å². The van der Waals surface area contributed by atoms with E-state index in [9.17, 15) is 9.50 Å². The highest BCUT2D eigenvalue weighted by Gasteiger charge is 2.26. The van der Waals surface area contributed by atoms with E-state index < -0.39 is 6.67 Å². The first kappa shape index (κ1) is 26.5. The van der Waals surface area contributed by atoms with Gasteiger partial charge in [0.25, 0.3) is 5.01 Å². The van der Waals surface area contributed by atoms with Gasteiger partial charge in [0, 0.05) is 17.0 Å². The lowest BCUT2D eigenvalue weighted by atomic mass is 10.2. The quantitative estimate of drug-likeness (QED) is 0.315. The summed E-state index contributed by atoms with van der Waals surface area (Å²) in [6, 6.07) is 11.8. The number of hydrogen-bond acceptors (Lipinski definition) is 7. The Labute approximate surface area is 219 Å². The van der Waals surface area contributed by atoms with E-state index in [1.54, 1.807) is 23.1 Å². The second-order valence-corrected chi connectivity index (χ2v) is 10.4. The van der Waals surface area contributed by atoms with Gasteiger partial charge >= 0.3 is 0 Å². The Morgan fingerprint density at radius 1 is 1.08 bits per heavy atom. The predicted molar refractivity (Wildman–Crippen MR) is 145 cm³/mol. The van der Waals surface area contributed by atoms with Gasteiger partial charge in [-0.05, 0) is 49.3 Å². The van der Waals surface area contributed by atoms with Crippen LogP contribution in [0.15, 0.2) is 58.0 Å². The monoisotopic (exact) mass is 531 g/mol. The summed E-state index contributed by atoms with van der Waals surface area (Å²) in [5.41, 5.74) is 2.96. The zero-order valence-electron chi connectivity index (χ0n) is 20.6. The lowest BCUT2D eigenvalue weighted by Gasteiger charge is -2.19. The molecule has 0 saturated heterocycles. The van der Waals surface area contributed by atoms with Crippen molar-refractivity contribution in [3.63, 3.8) is 0 Å². The molecule has 0 fully saturated rings. The number of anilines is 1. The van der Waals surface area contributed by atoms with E-state index in [-0.39, 0.29) is 26.4 Å². The number of thioether (sulfide) groups is 1. The Kier molecular flexibility index (Phi) is 9.25. The van der Waals surface area contributed by atoms with Gasteiger partial charge in [-0.1, -0.05) is 30.0 Å². The van der Waals surface area contributed by atoms with Crippen LogP contribution in [0.1, 0.15) is 25.3 Å². The molecule has 0 amide bonds. The molecule has 192 valence electrons. The van der Waals surface area contributed by atoms with Crippen LogP contribution in [0, 0.1) is 0 Å². The van der Waals surface area contributed by atoms with Crippen molar-refractivity contribution >= 4 is 45.1 Å². The van der Waals surface area contributed by atoms with Gasteiger partial charge in [0.05, 0.1) is 36.5 Å². The lowest BCUT2D eigenvalue weighted by Crippen LogP contribution is -2.36. The first-order chi connectivity index (χ1) is 17.6. The third-order valence-electron chi connectivity index (χ3n) is 5.57. The second kappa shape index (κ2) is 12.6. The highest BCUT2D eigenvalue weighted by Crippen LogP contribution is 2.47. The van der Waals surface area contributed by atoms with E-state index in [2.05, 4.69) is 23.6 Å². The van der Waals surface area contributed by atoms with Crippen LogP contribution in [-0.4, -0.2) is 49.9 Å². The van der Waals surface area contributed by atoms with Gasteiger partial charge in [0.15, 0.2) is 6.54 Å². The molecule has 4 rings (SSSR count). The zero-order chi connectivity index (χ0) is 25.5. The van der Waals surface area contributed by atoms with Crippen LogP contribution >= 0.6 is 23.1 Å². The topological polar surface area (TPSA) is 66.0 Å². The minimum Gasteiger partial charge on any atom is -0.494 e. The molecule has 0 aliphatic carbocycles. The summed E-state index contributed by atoms with van der Waals surface area (Å²) in [5.74, 6) is 1.48. The van der Waals surface area contributed by atoms with Crippen LogP contribution in [0.25, 0.3) is 16.3 Å². The summed E-state index contributed by atoms with van der Waals surface area (Å²) >= 11 is 3.26. The number of halogens is 1. The summed E-state index contributed by atoms with van der Waals surface area (Å²) in [5, 5.41) is 20.7. The van der Waals surface area contributed by atoms with E-state index in [0.717, 1.165) is 48.6 Å². The SMILES string of the molecule is CCCOc1ccc2c(c1)N(CCF)/C(=C/C(C)=C/c1sc3ccc(OCCO)cc3[n+]1CCO)S2. The molecule has 0 unspecified atom stereocenters. The number of hydrogen-bond donors (Lipinski definition) is 2. The number of rotatable bonds is 12. The van der Waals surface area contributed by atoms with Crippen LogP contribution < -0.4 is 18.9 Å². The zero-order valence-corrected chi connectivity index (χ0v) is 22.2. The summed E-state index contributed by atoms with van der Waals surface area (Å²) in [6.07, 6.45) is 5.10. The molecule has 1 aromatic heterocycles. The molecule has 0 radical (unpaired) electrons. The van der Waals surface area contributed by atoms with Crippen molar-refractivity contribution in [3.8, 4) is 11.5 Å². The van der Waals surface area contributed by atoms with Crippen LogP contribution in [0.2, 0.25) is 0 Å². The lowest BCUT2D eigenvalue weighted by molar-refractivity contribution is -0.670. The van der Waals surface area contributed by atoms with E-state index in [1.165, 1.54) is 0 Å². The average Bonchev–Trinajstić information content (AvgIpc) is 3.38. The smallest absolute Gasteiger partial charge is 0.263 e. The number of alkyl halides is 1. The number of ether oxygens (including phenoxy) is 2. The first-order valence-corrected chi connectivity index (χ1v) is 13.7. The second-order valence-electron chi connectivity index (χ2n) is 8.31. The minimum absolute atomic E-state index is 0.0110. The molecule has 9 heteroatoms. The molecule has 0 spiro atoms. The van der Waals surface area contributed by atoms with Gasteiger partial charge < -0.3 is 24.6 Å². The Morgan fingerprint density at radius 2 is 1.86 bits per heavy atom. The molecule has 0 saturated carbocycles. The number of aromatic nitrogens is 1. The summed E-state index contributed by atoms with van der Waals surface area (Å²) < 4.78 is 28.0. The number of fused-ring (bicyclic) bond motifs is 2. The summed E-state index contributed by atoms with van der Waals surface area (Å²) in [4.78, 5) is 3.09. The number of allylic oxidation sites excluding steroid dienone is 2. The van der Waals surface area contributed by atoms with E-state index >= 15 is 0 Å². The van der Waals surface area contributed by atoms with Crippen molar-refractivity contribution in [3.05, 3.63) is 58.1 Å². The third-order valence-corrected chi connectivity index (χ3v) is 7.80. The third kappa shape index (κ3) is 6.03. The van der Waals surface area contributed by atoms with E-state index in [1.807, 2.05) is 48.2 Å². The fourth-order valence-corrected chi connectivity index (χ4v) is 6.38. The van der Waals surface area contributed by atoms with Crippen molar-refractivity contribution in [1.29, 1.82) is 0 Å². The van der Waals surface area contributed by atoms with Gasteiger partial charge in [-0.2, -0.15) is 4.57 Å². The molecular formula is C27H32FN2O4S2+. The fourth-order valence-electron chi connectivity index (χ4n) is 4.02. The van der Waals surface area contributed by atoms with Crippen molar-refractivity contribution in [2.45, 2.75) is 31.7 Å². The molecule has 2 aromatic carbocycles. The van der Waals surface area contributed by atoms with Crippen molar-refractivity contribution < 1.29 is 28.6 Å². The largest absolute Gasteiger partial charge is 0.494 e. The minimum atomic E-state index is -0.451. The van der Waals surface area contributed by atoms with Crippen LogP contribution in [-0.2, 0) is 6.54 Å². The highest BCUT2D eigenvalue weighted by molar-refractivity contribution is 8.03. The Morgan fingerprint density at radius 3 is 2.61 bits per heavy atom. The maximum Gasteiger partial charge on any atom is 0.263 e. The number of thiazole rings is 1. The molecule has 0 atom stereocenters. The van der Waals surface area contributed by atoms with Crippen molar-refractivity contribution in [2.75, 3.05) is 44.5 Å². The Bertz CT molecular complexity index is 1260. The molecule has 1 aliphatic heterocycles. The maximum atomic E-state index is 13.5. The summed E-state index contributed by atoms with van der Waals surface area (Å²) in [6.45, 7) is 5.23. The molecule has 6 nitrogen and oxygen atoms in total. The van der Waals surface area contributed by atoms with Gasteiger partial charge in [0.1, 0.15) is 36.1 Å². The van der Waals surface area contributed by atoms with Gasteiger partial charge in [-0.3, -0.25) is 0 Å². The van der Waals surface area contributed by atoms with Gasteiger partial charge in [-0.25, -0.2) is 4.39 Å². The number of aliphatic hydroxyl groups is 2. The average molecular weight is 532 g/mol. The van der Waals surface area contributed by atoms with Gasteiger partial charge in [-0.15, -0.1) is 0 Å². The van der Waals surface area contributed by atoms with Crippen molar-refractivity contribution in [2.24, 2.45) is 0 Å². The number of nitrogens with zero attached hydrogens (tertiary/aromatic N) is 2. The normalized spacial score (nSPS) is 14.6. The molecule has 0 bridgehead atoms. The molecule has 2 N–H and O–H groups in total. The maximum absolute atomic E-state index is 13.5. The molecule has 3 aromatic rings. The molecular weight excluding hydrogens is 499 g/mol. The Balaban J connectivity index is 1.65. The predicted octanol–water partition coefficient (Wildman–Crippen LogP) is 5.17. The summed E-state index contributed by atoms with van der Waals surface area (Å²) in [7, 11) is 0. The highest BCUT2D eigenvalue weighted by atomic mass is 32.2. The van der Waals surface area contributed by atoms with E-state index in [0.29, 0.717) is 18.9 Å².